The molecule has 0 radical (unpaired) electrons. The van der Waals surface area contributed by atoms with Crippen molar-refractivity contribution in [3.8, 4) is 0 Å². The van der Waals surface area contributed by atoms with Gasteiger partial charge in [-0.1, -0.05) is 12.1 Å². The summed E-state index contributed by atoms with van der Waals surface area (Å²) in [5, 5.41) is 18.6. The number of carbonyl (C=O) groups is 2. The zero-order chi connectivity index (χ0) is 15.1. The molecule has 0 amide bonds. The second-order valence-electron chi connectivity index (χ2n) is 3.84. The SMILES string of the molecule is Nc1ccc(C(=O)O)cc1.Nc1ccc(C(=O)[O-])cc1.[K+]. The van der Waals surface area contributed by atoms with Crippen LogP contribution in [0.5, 0.6) is 0 Å². The van der Waals surface area contributed by atoms with E-state index >= 15 is 0 Å². The molecule has 2 rings (SSSR count). The van der Waals surface area contributed by atoms with Gasteiger partial charge in [-0.3, -0.25) is 0 Å². The number of aromatic carboxylic acids is 2. The van der Waals surface area contributed by atoms with E-state index in [2.05, 4.69) is 0 Å². The molecular formula is C14H13KN2O4. The molecule has 0 unspecified atom stereocenters. The largest absolute Gasteiger partial charge is 1.00 e. The molecule has 0 saturated carbocycles. The summed E-state index contributed by atoms with van der Waals surface area (Å²) in [6.45, 7) is 0. The maximum atomic E-state index is 10.3. The van der Waals surface area contributed by atoms with E-state index in [1.54, 1.807) is 12.1 Å². The van der Waals surface area contributed by atoms with Crippen LogP contribution in [0, 0.1) is 0 Å². The molecule has 0 aliphatic heterocycles. The molecule has 0 heterocycles. The summed E-state index contributed by atoms with van der Waals surface area (Å²) < 4.78 is 0. The van der Waals surface area contributed by atoms with Gasteiger partial charge >= 0.3 is 57.4 Å². The van der Waals surface area contributed by atoms with Crippen molar-refractivity contribution in [2.75, 3.05) is 11.5 Å². The van der Waals surface area contributed by atoms with Crippen molar-refractivity contribution in [3.05, 3.63) is 59.7 Å². The second-order valence-corrected chi connectivity index (χ2v) is 3.84. The van der Waals surface area contributed by atoms with Crippen molar-refractivity contribution in [2.45, 2.75) is 0 Å². The van der Waals surface area contributed by atoms with Crippen LogP contribution >= 0.6 is 0 Å². The van der Waals surface area contributed by atoms with E-state index in [0.29, 0.717) is 11.4 Å². The average molecular weight is 312 g/mol. The minimum Gasteiger partial charge on any atom is -0.545 e. The Hall–Kier alpha value is -1.38. The number of nitrogen functional groups attached to an aromatic ring is 2. The Morgan fingerprint density at radius 3 is 1.43 bits per heavy atom. The first kappa shape index (κ1) is 19.6. The topological polar surface area (TPSA) is 129 Å². The number of carboxylic acids is 2. The molecule has 0 atom stereocenters. The van der Waals surface area contributed by atoms with Crippen LogP contribution in [0.1, 0.15) is 20.7 Å². The maximum absolute atomic E-state index is 10.3. The van der Waals surface area contributed by atoms with Gasteiger partial charge in [-0.2, -0.15) is 0 Å². The molecule has 0 fully saturated rings. The summed E-state index contributed by atoms with van der Waals surface area (Å²) >= 11 is 0. The number of hydrogen-bond acceptors (Lipinski definition) is 5. The van der Waals surface area contributed by atoms with Crippen LogP contribution in [0.15, 0.2) is 48.5 Å². The summed E-state index contributed by atoms with van der Waals surface area (Å²) in [7, 11) is 0. The van der Waals surface area contributed by atoms with Gasteiger partial charge in [0, 0.05) is 11.4 Å². The van der Waals surface area contributed by atoms with Crippen LogP contribution < -0.4 is 68.0 Å². The van der Waals surface area contributed by atoms with E-state index in [0.717, 1.165) is 0 Å². The van der Waals surface area contributed by atoms with Crippen LogP contribution in [0.3, 0.4) is 0 Å². The van der Waals surface area contributed by atoms with Crippen molar-refractivity contribution in [3.63, 3.8) is 0 Å². The van der Waals surface area contributed by atoms with Gasteiger partial charge in [-0.25, -0.2) is 4.79 Å². The van der Waals surface area contributed by atoms with Gasteiger partial charge in [-0.15, -0.1) is 0 Å². The van der Waals surface area contributed by atoms with Crippen LogP contribution in [-0.2, 0) is 0 Å². The smallest absolute Gasteiger partial charge is 0.545 e. The van der Waals surface area contributed by atoms with E-state index in [-0.39, 0.29) is 62.5 Å². The fourth-order valence-electron chi connectivity index (χ4n) is 1.24. The Bertz CT molecular complexity index is 542. The first-order valence-electron chi connectivity index (χ1n) is 5.56. The third kappa shape index (κ3) is 7.26. The molecule has 0 spiro atoms. The fourth-order valence-corrected chi connectivity index (χ4v) is 1.24. The molecule has 7 heteroatoms. The van der Waals surface area contributed by atoms with Crippen LogP contribution in [-0.4, -0.2) is 17.0 Å². The van der Waals surface area contributed by atoms with Crippen molar-refractivity contribution in [1.82, 2.24) is 0 Å². The molecule has 2 aromatic rings. The monoisotopic (exact) mass is 312 g/mol. The van der Waals surface area contributed by atoms with Crippen molar-refractivity contribution < 1.29 is 71.2 Å². The summed E-state index contributed by atoms with van der Waals surface area (Å²) in [5.41, 5.74) is 12.2. The molecule has 0 aliphatic rings. The average Bonchev–Trinajstić information content (AvgIpc) is 2.40. The molecule has 0 aliphatic carbocycles. The molecule has 104 valence electrons. The van der Waals surface area contributed by atoms with Crippen LogP contribution in [0.25, 0.3) is 0 Å². The minimum absolute atomic E-state index is 0. The number of hydrogen-bond donors (Lipinski definition) is 3. The van der Waals surface area contributed by atoms with Gasteiger partial charge < -0.3 is 26.5 Å². The van der Waals surface area contributed by atoms with Crippen molar-refractivity contribution >= 4 is 23.3 Å². The molecule has 0 saturated heterocycles. The van der Waals surface area contributed by atoms with E-state index < -0.39 is 11.9 Å². The maximum Gasteiger partial charge on any atom is 1.00 e. The number of rotatable bonds is 2. The Kier molecular flexibility index (Phi) is 8.91. The number of carbonyl (C=O) groups excluding carboxylic acids is 1. The third-order valence-corrected chi connectivity index (χ3v) is 2.30. The molecule has 2 aromatic carbocycles. The predicted octanol–water partition coefficient (Wildman–Crippen LogP) is -2.40. The standard InChI is InChI=1S/2C7H7NO2.K/c2*8-6-3-1-5(2-4-6)7(9)10;/h2*1-4H,8H2,(H,9,10);/q;;+1/p-1. The first-order chi connectivity index (χ1) is 9.40. The Morgan fingerprint density at radius 2 is 1.14 bits per heavy atom. The number of anilines is 2. The molecule has 6 nitrogen and oxygen atoms in total. The minimum atomic E-state index is -1.18. The van der Waals surface area contributed by atoms with E-state index in [1.165, 1.54) is 36.4 Å². The number of carboxylic acid groups (broad SMARTS) is 2. The second kappa shape index (κ2) is 9.53. The van der Waals surface area contributed by atoms with E-state index in [1.807, 2.05) is 0 Å². The molecule has 0 bridgehead atoms. The summed E-state index contributed by atoms with van der Waals surface area (Å²) in [4.78, 5) is 20.4. The van der Waals surface area contributed by atoms with Gasteiger partial charge in [-0.05, 0) is 42.0 Å². The van der Waals surface area contributed by atoms with Crippen LogP contribution in [0.4, 0.5) is 11.4 Å². The first-order valence-corrected chi connectivity index (χ1v) is 5.56. The van der Waals surface area contributed by atoms with E-state index in [9.17, 15) is 14.7 Å². The van der Waals surface area contributed by atoms with Gasteiger partial charge in [0.15, 0.2) is 0 Å². The van der Waals surface area contributed by atoms with Crippen molar-refractivity contribution in [1.29, 1.82) is 0 Å². The number of nitrogens with two attached hydrogens (primary N) is 2. The summed E-state index contributed by atoms with van der Waals surface area (Å²) in [6, 6.07) is 11.9. The summed E-state index contributed by atoms with van der Waals surface area (Å²) in [5.74, 6) is -2.11. The van der Waals surface area contributed by atoms with Crippen LogP contribution in [0.2, 0.25) is 0 Å². The third-order valence-electron chi connectivity index (χ3n) is 2.30. The van der Waals surface area contributed by atoms with Gasteiger partial charge in [0.1, 0.15) is 0 Å². The van der Waals surface area contributed by atoms with Gasteiger partial charge in [0.25, 0.3) is 0 Å². The van der Waals surface area contributed by atoms with Crippen molar-refractivity contribution in [2.24, 2.45) is 0 Å². The molecule has 21 heavy (non-hydrogen) atoms. The van der Waals surface area contributed by atoms with Gasteiger partial charge in [0.2, 0.25) is 0 Å². The molecule has 0 aromatic heterocycles. The fraction of sp³-hybridized carbons (Fsp3) is 0. The van der Waals surface area contributed by atoms with Gasteiger partial charge in [0.05, 0.1) is 11.5 Å². The quantitative estimate of drug-likeness (QED) is 0.419. The normalized spacial score (nSPS) is 8.76. The molecular weight excluding hydrogens is 299 g/mol. The van der Waals surface area contributed by atoms with E-state index in [4.69, 9.17) is 16.6 Å². The predicted molar refractivity (Wildman–Crippen MR) is 73.0 cm³/mol. The summed E-state index contributed by atoms with van der Waals surface area (Å²) in [6.07, 6.45) is 0. The zero-order valence-corrected chi connectivity index (χ0v) is 14.6. The Balaban J connectivity index is 0.000000364. The molecule has 5 N–H and O–H groups in total. The Labute approximate surface area is 164 Å². The number of benzene rings is 2. The Morgan fingerprint density at radius 1 is 0.810 bits per heavy atom. The zero-order valence-electron chi connectivity index (χ0n) is 11.4.